The van der Waals surface area contributed by atoms with Gasteiger partial charge in [0.2, 0.25) is 5.91 Å². The SMILES string of the molecule is CC1(C#N)COCCC1N[C@@H]1CC[C@@](C(=O)NCc2cc(C(F)(F)F)cc(C(F)(F)F)c2)(C(C)(C)O)C1. The second-order valence-electron chi connectivity index (χ2n) is 10.8. The smallest absolute Gasteiger partial charge is 0.389 e. The Bertz CT molecular complexity index is 1010. The van der Waals surface area contributed by atoms with E-state index in [9.17, 15) is 41.5 Å². The number of halogens is 6. The van der Waals surface area contributed by atoms with Gasteiger partial charge in [0.15, 0.2) is 0 Å². The number of hydrogen-bond donors (Lipinski definition) is 3. The summed E-state index contributed by atoms with van der Waals surface area (Å²) in [6.07, 6.45) is -8.51. The van der Waals surface area contributed by atoms with Crippen molar-refractivity contribution < 1.29 is 41.0 Å². The summed E-state index contributed by atoms with van der Waals surface area (Å²) in [7, 11) is 0. The highest BCUT2D eigenvalue weighted by Gasteiger charge is 2.55. The van der Waals surface area contributed by atoms with Gasteiger partial charge >= 0.3 is 12.4 Å². The number of nitrogens with one attached hydrogen (secondary N) is 2. The molecule has 37 heavy (non-hydrogen) atoms. The van der Waals surface area contributed by atoms with Crippen LogP contribution in [0.5, 0.6) is 0 Å². The average Bonchev–Trinajstić information content (AvgIpc) is 3.23. The largest absolute Gasteiger partial charge is 0.416 e. The Balaban J connectivity index is 1.79. The van der Waals surface area contributed by atoms with Crippen molar-refractivity contribution in [2.24, 2.45) is 10.8 Å². The van der Waals surface area contributed by atoms with E-state index in [0.29, 0.717) is 31.6 Å². The molecule has 2 fully saturated rings. The number of ether oxygens (including phenoxy) is 1. The number of benzene rings is 1. The number of aliphatic hydroxyl groups is 1. The number of nitrogens with zero attached hydrogens (tertiary/aromatic N) is 1. The van der Waals surface area contributed by atoms with Gasteiger partial charge < -0.3 is 20.5 Å². The third kappa shape index (κ3) is 6.21. The molecule has 1 saturated heterocycles. The summed E-state index contributed by atoms with van der Waals surface area (Å²) in [5, 5.41) is 26.5. The van der Waals surface area contributed by atoms with E-state index < -0.39 is 52.4 Å². The first-order valence-electron chi connectivity index (χ1n) is 12.0. The molecule has 0 spiro atoms. The van der Waals surface area contributed by atoms with Gasteiger partial charge in [0.05, 0.1) is 40.2 Å². The molecule has 1 saturated carbocycles. The van der Waals surface area contributed by atoms with Crippen LogP contribution in [0, 0.1) is 22.2 Å². The number of amides is 1. The predicted octanol–water partition coefficient (Wildman–Crippen LogP) is 4.56. The Kier molecular flexibility index (Phi) is 7.95. The Hall–Kier alpha value is -2.36. The van der Waals surface area contributed by atoms with E-state index in [-0.39, 0.29) is 43.2 Å². The fourth-order valence-corrected chi connectivity index (χ4v) is 5.27. The average molecular weight is 536 g/mol. The quantitative estimate of drug-likeness (QED) is 0.465. The molecule has 4 atom stereocenters. The second-order valence-corrected chi connectivity index (χ2v) is 10.8. The first-order chi connectivity index (χ1) is 16.9. The van der Waals surface area contributed by atoms with Crippen LogP contribution in [-0.4, -0.2) is 41.9 Å². The van der Waals surface area contributed by atoms with Crippen LogP contribution in [0.1, 0.15) is 63.1 Å². The van der Waals surface area contributed by atoms with Gasteiger partial charge in [-0.25, -0.2) is 0 Å². The maximum atomic E-state index is 13.4. The minimum absolute atomic E-state index is 0.0299. The standard InChI is InChI=1S/C25H31F6N3O3/c1-21(2,36)23(6-4-18(11-23)34-19-5-7-37-14-22(19,3)13-32)20(35)33-12-15-8-16(24(26,27)28)10-17(9-15)25(29,30)31/h8-10,18-19,34,36H,4-7,11-12,14H2,1-3H3,(H,33,35)/t18-,19?,22?,23-/m1/s1. The molecule has 12 heteroatoms. The van der Waals surface area contributed by atoms with E-state index in [0.717, 1.165) is 0 Å². The lowest BCUT2D eigenvalue weighted by molar-refractivity contribution is -0.146. The minimum Gasteiger partial charge on any atom is -0.389 e. The molecule has 1 amide bonds. The van der Waals surface area contributed by atoms with Crippen LogP contribution in [0.4, 0.5) is 26.3 Å². The van der Waals surface area contributed by atoms with Gasteiger partial charge in [-0.1, -0.05) is 0 Å². The van der Waals surface area contributed by atoms with Gasteiger partial charge in [-0.2, -0.15) is 31.6 Å². The van der Waals surface area contributed by atoms with Gasteiger partial charge in [-0.3, -0.25) is 4.79 Å². The topological polar surface area (TPSA) is 94.4 Å². The molecule has 2 unspecified atom stereocenters. The summed E-state index contributed by atoms with van der Waals surface area (Å²) in [6.45, 7) is 4.83. The van der Waals surface area contributed by atoms with Gasteiger partial charge in [-0.15, -0.1) is 0 Å². The van der Waals surface area contributed by atoms with Crippen molar-refractivity contribution in [1.82, 2.24) is 10.6 Å². The van der Waals surface area contributed by atoms with Crippen LogP contribution < -0.4 is 10.6 Å². The lowest BCUT2D eigenvalue weighted by Gasteiger charge is -2.41. The van der Waals surface area contributed by atoms with E-state index in [4.69, 9.17) is 4.74 Å². The molecular weight excluding hydrogens is 504 g/mol. The molecule has 0 aromatic heterocycles. The molecule has 1 aliphatic carbocycles. The number of carbonyl (C=O) groups is 1. The zero-order valence-electron chi connectivity index (χ0n) is 20.8. The Morgan fingerprint density at radius 1 is 1.14 bits per heavy atom. The van der Waals surface area contributed by atoms with Crippen molar-refractivity contribution in [2.45, 2.75) is 83.0 Å². The van der Waals surface area contributed by atoms with Crippen LogP contribution in [0.25, 0.3) is 0 Å². The zero-order valence-corrected chi connectivity index (χ0v) is 20.8. The first kappa shape index (κ1) is 29.2. The molecule has 1 aromatic carbocycles. The van der Waals surface area contributed by atoms with E-state index in [1.54, 1.807) is 6.92 Å². The normalized spacial score (nSPS) is 29.1. The number of rotatable bonds is 6. The molecule has 0 radical (unpaired) electrons. The highest BCUT2D eigenvalue weighted by molar-refractivity contribution is 5.84. The van der Waals surface area contributed by atoms with E-state index in [1.807, 2.05) is 0 Å². The van der Waals surface area contributed by atoms with Crippen molar-refractivity contribution in [2.75, 3.05) is 13.2 Å². The van der Waals surface area contributed by atoms with Crippen LogP contribution in [0.3, 0.4) is 0 Å². The third-order valence-electron chi connectivity index (χ3n) is 7.63. The van der Waals surface area contributed by atoms with Gasteiger partial charge in [0, 0.05) is 25.2 Å². The number of carbonyl (C=O) groups excluding carboxylic acids is 1. The van der Waals surface area contributed by atoms with Crippen LogP contribution in [0.15, 0.2) is 18.2 Å². The fourth-order valence-electron chi connectivity index (χ4n) is 5.27. The minimum atomic E-state index is -5.00. The summed E-state index contributed by atoms with van der Waals surface area (Å²) >= 11 is 0. The van der Waals surface area contributed by atoms with E-state index in [1.165, 1.54) is 13.8 Å². The van der Waals surface area contributed by atoms with Crippen molar-refractivity contribution in [3.63, 3.8) is 0 Å². The highest BCUT2D eigenvalue weighted by atomic mass is 19.4. The van der Waals surface area contributed by atoms with E-state index in [2.05, 4.69) is 16.7 Å². The zero-order chi connectivity index (χ0) is 27.9. The molecule has 3 rings (SSSR count). The van der Waals surface area contributed by atoms with Crippen molar-refractivity contribution in [1.29, 1.82) is 5.26 Å². The monoisotopic (exact) mass is 535 g/mol. The third-order valence-corrected chi connectivity index (χ3v) is 7.63. The maximum Gasteiger partial charge on any atom is 0.416 e. The van der Waals surface area contributed by atoms with Crippen molar-refractivity contribution in [3.05, 3.63) is 34.9 Å². The second kappa shape index (κ2) is 10.1. The lowest BCUT2D eigenvalue weighted by atomic mass is 9.71. The molecule has 6 nitrogen and oxygen atoms in total. The molecular formula is C25H31F6N3O3. The van der Waals surface area contributed by atoms with Crippen LogP contribution >= 0.6 is 0 Å². The van der Waals surface area contributed by atoms with Crippen LogP contribution in [-0.2, 0) is 28.4 Å². The van der Waals surface area contributed by atoms with Gasteiger partial charge in [-0.05, 0) is 70.2 Å². The summed E-state index contributed by atoms with van der Waals surface area (Å²) < 4.78 is 84.6. The molecule has 2 aliphatic rings. The fraction of sp³-hybridized carbons (Fsp3) is 0.680. The van der Waals surface area contributed by atoms with Crippen molar-refractivity contribution >= 4 is 5.91 Å². The predicted molar refractivity (Wildman–Crippen MR) is 121 cm³/mol. The molecule has 206 valence electrons. The number of alkyl halides is 6. The van der Waals surface area contributed by atoms with Crippen LogP contribution in [0.2, 0.25) is 0 Å². The number of hydrogen-bond acceptors (Lipinski definition) is 5. The Morgan fingerprint density at radius 2 is 1.73 bits per heavy atom. The summed E-state index contributed by atoms with van der Waals surface area (Å²) in [5.41, 5.74) is -6.95. The van der Waals surface area contributed by atoms with E-state index >= 15 is 0 Å². The Morgan fingerprint density at radius 3 is 2.24 bits per heavy atom. The molecule has 1 heterocycles. The first-order valence-corrected chi connectivity index (χ1v) is 12.0. The summed E-state index contributed by atoms with van der Waals surface area (Å²) in [6, 6.07) is 2.99. The molecule has 1 aromatic rings. The molecule has 3 N–H and O–H groups in total. The van der Waals surface area contributed by atoms with Gasteiger partial charge in [0.25, 0.3) is 0 Å². The van der Waals surface area contributed by atoms with Gasteiger partial charge in [0.1, 0.15) is 0 Å². The Labute approximate surface area is 211 Å². The molecule has 1 aliphatic heterocycles. The summed E-state index contributed by atoms with van der Waals surface area (Å²) in [4.78, 5) is 13.4. The summed E-state index contributed by atoms with van der Waals surface area (Å²) in [5.74, 6) is -0.662. The lowest BCUT2D eigenvalue weighted by Crippen LogP contribution is -2.55. The molecule has 0 bridgehead atoms. The van der Waals surface area contributed by atoms with Crippen molar-refractivity contribution in [3.8, 4) is 6.07 Å². The highest BCUT2D eigenvalue weighted by Crippen LogP contribution is 2.47. The number of nitriles is 1. The maximum absolute atomic E-state index is 13.4.